The van der Waals surface area contributed by atoms with E-state index in [0.29, 0.717) is 0 Å². The Morgan fingerprint density at radius 2 is 1.53 bits per heavy atom. The van der Waals surface area contributed by atoms with Crippen LogP contribution in [0.25, 0.3) is 55.6 Å². The average molecular weight is 906 g/mol. The van der Waals surface area contributed by atoms with Gasteiger partial charge in [-0.3, -0.25) is 0 Å². The molecule has 3 aliphatic carbocycles. The van der Waals surface area contributed by atoms with Crippen LogP contribution in [0.1, 0.15) is 37.7 Å². The van der Waals surface area contributed by atoms with Gasteiger partial charge in [0.05, 0.1) is 5.58 Å². The molecular formula is C46H44GeIrN2O-2. The minimum atomic E-state index is -1.72. The topological polar surface area (TPSA) is 38.9 Å². The standard InChI is InChI=1S/C32H28NO.C14H16GeN.Ir/c1-2-4-23(5-3-1)25-11-13-31-29(19-25)28-12-10-26(20-32(28)34-31)30-18-22(14-15-33-30)17-27-16-21-6-8-24(27)9-7-21;1-15(2,3)13-9-10-14(16-11-13)12-7-5-4-6-8-12;/h1-5,11-15,18-21,24,27H,6-9,16-17H2;4-7,9-11H,1-3H3;/q2*-1;. The molecule has 3 nitrogen and oxygen atoms in total. The minimum absolute atomic E-state index is 0. The SMILES string of the molecule is [CH3][Ge]([CH3])([CH3])[c]1ccc(-c2[c-]cccc2)nc1.[Ir].[c-]1cc2c(cc1-c1cc(CC3CC4CCC3CC4)ccn1)oc1ccc(-c3ccccc3)cc12. The second-order valence-electron chi connectivity index (χ2n) is 15.3. The van der Waals surface area contributed by atoms with E-state index in [-0.39, 0.29) is 20.1 Å². The van der Waals surface area contributed by atoms with E-state index in [1.54, 1.807) is 0 Å². The first-order chi connectivity index (χ1) is 24.4. The normalized spacial score (nSPS) is 18.2. The Morgan fingerprint density at radius 1 is 0.706 bits per heavy atom. The predicted molar refractivity (Wildman–Crippen MR) is 210 cm³/mol. The van der Waals surface area contributed by atoms with Crippen LogP contribution in [0.4, 0.5) is 0 Å². The Balaban J connectivity index is 0.000000202. The molecule has 259 valence electrons. The van der Waals surface area contributed by atoms with Crippen molar-refractivity contribution in [3.63, 3.8) is 0 Å². The fourth-order valence-corrected chi connectivity index (χ4v) is 10.2. The molecule has 3 aromatic heterocycles. The summed E-state index contributed by atoms with van der Waals surface area (Å²) in [6.07, 6.45) is 12.4. The number of rotatable bonds is 6. The summed E-state index contributed by atoms with van der Waals surface area (Å²) >= 11 is -1.72. The number of hydrogen-bond donors (Lipinski definition) is 0. The van der Waals surface area contributed by atoms with Crippen molar-refractivity contribution in [1.82, 2.24) is 9.97 Å². The summed E-state index contributed by atoms with van der Waals surface area (Å²) in [6, 6.07) is 44.6. The van der Waals surface area contributed by atoms with Gasteiger partial charge >= 0.3 is 99.8 Å². The molecule has 4 aromatic carbocycles. The molecule has 7 aromatic rings. The first kappa shape index (κ1) is 35.6. The van der Waals surface area contributed by atoms with Crippen LogP contribution in [-0.4, -0.2) is 23.2 Å². The molecule has 0 aliphatic heterocycles. The van der Waals surface area contributed by atoms with Gasteiger partial charge in [-0.2, -0.15) is 0 Å². The van der Waals surface area contributed by atoms with Gasteiger partial charge in [0.15, 0.2) is 0 Å². The number of pyridine rings is 2. The predicted octanol–water partition coefficient (Wildman–Crippen LogP) is 11.6. The third-order valence-electron chi connectivity index (χ3n) is 10.9. The van der Waals surface area contributed by atoms with Crippen molar-refractivity contribution in [1.29, 1.82) is 0 Å². The molecule has 1 atom stereocenters. The summed E-state index contributed by atoms with van der Waals surface area (Å²) in [6.45, 7) is 0. The van der Waals surface area contributed by atoms with Crippen molar-refractivity contribution in [3.8, 4) is 33.6 Å². The zero-order valence-electron chi connectivity index (χ0n) is 29.7. The van der Waals surface area contributed by atoms with Gasteiger partial charge in [0.25, 0.3) is 0 Å². The third kappa shape index (κ3) is 7.99. The Morgan fingerprint density at radius 3 is 2.24 bits per heavy atom. The monoisotopic (exact) mass is 907 g/mol. The van der Waals surface area contributed by atoms with Gasteiger partial charge in [-0.25, -0.2) is 0 Å². The Hall–Kier alpha value is -3.83. The van der Waals surface area contributed by atoms with E-state index in [1.165, 1.54) is 59.6 Å². The van der Waals surface area contributed by atoms with E-state index in [0.717, 1.165) is 62.2 Å². The van der Waals surface area contributed by atoms with Gasteiger partial charge in [0.2, 0.25) is 0 Å². The van der Waals surface area contributed by atoms with Crippen molar-refractivity contribution >= 4 is 39.6 Å². The van der Waals surface area contributed by atoms with Gasteiger partial charge < -0.3 is 9.40 Å². The molecule has 0 saturated heterocycles. The van der Waals surface area contributed by atoms with Crippen molar-refractivity contribution < 1.29 is 24.5 Å². The molecule has 3 fully saturated rings. The van der Waals surface area contributed by atoms with Crippen LogP contribution in [0.3, 0.4) is 0 Å². The van der Waals surface area contributed by atoms with Crippen molar-refractivity contribution in [2.75, 3.05) is 0 Å². The van der Waals surface area contributed by atoms with E-state index in [2.05, 4.69) is 113 Å². The van der Waals surface area contributed by atoms with E-state index in [1.807, 2.05) is 42.7 Å². The number of hydrogen-bond acceptors (Lipinski definition) is 3. The van der Waals surface area contributed by atoms with E-state index in [4.69, 9.17) is 9.40 Å². The van der Waals surface area contributed by atoms with Crippen molar-refractivity contribution in [3.05, 3.63) is 139 Å². The summed E-state index contributed by atoms with van der Waals surface area (Å²) < 4.78 is 7.69. The molecule has 0 spiro atoms. The Labute approximate surface area is 318 Å². The maximum atomic E-state index is 6.24. The molecule has 3 aliphatic rings. The summed E-state index contributed by atoms with van der Waals surface area (Å²) in [4.78, 5) is 9.22. The minimum Gasteiger partial charge on any atom is -0.476 e. The van der Waals surface area contributed by atoms with Crippen LogP contribution >= 0.6 is 0 Å². The van der Waals surface area contributed by atoms with Gasteiger partial charge in [0, 0.05) is 26.3 Å². The first-order valence-corrected chi connectivity index (χ1v) is 25.5. The summed E-state index contributed by atoms with van der Waals surface area (Å²) in [5.74, 6) is 9.90. The molecule has 1 radical (unpaired) electrons. The molecule has 0 N–H and O–H groups in total. The summed E-state index contributed by atoms with van der Waals surface area (Å²) in [7, 11) is 0. The quantitative estimate of drug-likeness (QED) is 0.123. The van der Waals surface area contributed by atoms with Crippen LogP contribution in [0, 0.1) is 29.9 Å². The second kappa shape index (κ2) is 15.4. The molecule has 1 unspecified atom stereocenters. The molecule has 0 amide bonds. The summed E-state index contributed by atoms with van der Waals surface area (Å²) in [5, 5.41) is 2.24. The van der Waals surface area contributed by atoms with Gasteiger partial charge in [-0.1, -0.05) is 78.4 Å². The third-order valence-corrected chi connectivity index (χ3v) is 15.2. The van der Waals surface area contributed by atoms with Gasteiger partial charge in [-0.15, -0.1) is 17.7 Å². The first-order valence-electron chi connectivity index (χ1n) is 18.2. The van der Waals surface area contributed by atoms with Crippen molar-refractivity contribution in [2.45, 2.75) is 55.8 Å². The fraction of sp³-hybridized carbons (Fsp3) is 0.261. The van der Waals surface area contributed by atoms with Crippen LogP contribution in [-0.2, 0) is 26.5 Å². The van der Waals surface area contributed by atoms with Crippen LogP contribution < -0.4 is 4.40 Å². The molecule has 3 heterocycles. The molecule has 5 heteroatoms. The maximum Gasteiger partial charge on any atom is 0.123 e. The second-order valence-corrected chi connectivity index (χ2v) is 25.9. The largest absolute Gasteiger partial charge is 0.476 e. The van der Waals surface area contributed by atoms with E-state index in [9.17, 15) is 0 Å². The smallest absolute Gasteiger partial charge is 0.123 e. The van der Waals surface area contributed by atoms with Crippen LogP contribution in [0.2, 0.25) is 17.3 Å². The zero-order valence-corrected chi connectivity index (χ0v) is 34.2. The van der Waals surface area contributed by atoms with E-state index < -0.39 is 13.3 Å². The molecule has 3 saturated carbocycles. The van der Waals surface area contributed by atoms with Gasteiger partial charge in [0.1, 0.15) is 5.58 Å². The number of benzene rings is 4. The maximum absolute atomic E-state index is 6.24. The Bertz CT molecular complexity index is 2220. The number of aromatic nitrogens is 2. The number of furan rings is 1. The molecule has 51 heavy (non-hydrogen) atoms. The van der Waals surface area contributed by atoms with Crippen molar-refractivity contribution in [2.24, 2.45) is 17.8 Å². The Kier molecular flexibility index (Phi) is 10.8. The van der Waals surface area contributed by atoms with E-state index >= 15 is 0 Å². The average Bonchev–Trinajstić information content (AvgIpc) is 3.53. The summed E-state index contributed by atoms with van der Waals surface area (Å²) in [5.41, 5.74) is 9.70. The molecule has 10 rings (SSSR count). The zero-order chi connectivity index (χ0) is 34.1. The molecule has 2 bridgehead atoms. The molecular weight excluding hydrogens is 861 g/mol. The van der Waals surface area contributed by atoms with Crippen LogP contribution in [0.15, 0.2) is 126 Å². The fourth-order valence-electron chi connectivity index (χ4n) is 8.04. The van der Waals surface area contributed by atoms with Crippen LogP contribution in [0.5, 0.6) is 0 Å². The number of fused-ring (bicyclic) bond motifs is 6. The van der Waals surface area contributed by atoms with Gasteiger partial charge in [-0.05, 0) is 77.8 Å². The number of nitrogens with zero attached hydrogens (tertiary/aromatic N) is 2.